The van der Waals surface area contributed by atoms with Crippen LogP contribution in [0.3, 0.4) is 0 Å². The highest BCUT2D eigenvalue weighted by molar-refractivity contribution is 4.91. The normalized spacial score (nSPS) is 33.2. The number of nitrogens with one attached hydrogen (secondary N) is 1. The number of likely N-dealkylation sites (N-methyl/N-ethyl adjacent to an activating group) is 1. The van der Waals surface area contributed by atoms with Crippen molar-refractivity contribution >= 4 is 0 Å². The van der Waals surface area contributed by atoms with Crippen molar-refractivity contribution in [1.82, 2.24) is 15.1 Å². The molecule has 0 aromatic heterocycles. The Bertz CT molecular complexity index is 264. The van der Waals surface area contributed by atoms with Gasteiger partial charge in [-0.25, -0.2) is 0 Å². The van der Waals surface area contributed by atoms with Crippen LogP contribution in [0.25, 0.3) is 0 Å². The van der Waals surface area contributed by atoms with Crippen molar-refractivity contribution in [1.29, 1.82) is 0 Å². The Morgan fingerprint density at radius 3 is 2.84 bits per heavy atom. The predicted octanol–water partition coefficient (Wildman–Crippen LogP) is 1.03. The predicted molar refractivity (Wildman–Crippen MR) is 79.6 cm³/mol. The van der Waals surface area contributed by atoms with E-state index in [9.17, 15) is 0 Å². The third-order valence-electron chi connectivity index (χ3n) is 4.69. The van der Waals surface area contributed by atoms with Crippen LogP contribution < -0.4 is 5.32 Å². The number of nitrogens with zero attached hydrogens (tertiary/aromatic N) is 2. The summed E-state index contributed by atoms with van der Waals surface area (Å²) in [6.07, 6.45) is 3.84. The summed E-state index contributed by atoms with van der Waals surface area (Å²) in [4.78, 5) is 5.02. The minimum atomic E-state index is 0.343. The largest absolute Gasteiger partial charge is 0.381 e. The summed E-state index contributed by atoms with van der Waals surface area (Å²) in [5.41, 5.74) is 0.343. The lowest BCUT2D eigenvalue weighted by molar-refractivity contribution is -0.0234. The van der Waals surface area contributed by atoms with Gasteiger partial charge in [-0.3, -0.25) is 0 Å². The van der Waals surface area contributed by atoms with Crippen molar-refractivity contribution in [3.05, 3.63) is 0 Å². The first-order valence-electron chi connectivity index (χ1n) is 7.82. The molecule has 2 aliphatic rings. The zero-order valence-electron chi connectivity index (χ0n) is 13.0. The van der Waals surface area contributed by atoms with Crippen LogP contribution in [0.15, 0.2) is 0 Å². The van der Waals surface area contributed by atoms with Crippen molar-refractivity contribution in [3.8, 4) is 0 Å². The molecule has 4 nitrogen and oxygen atoms in total. The summed E-state index contributed by atoms with van der Waals surface area (Å²) in [5, 5.41) is 3.55. The lowest BCUT2D eigenvalue weighted by Gasteiger charge is -2.40. The molecule has 1 N–H and O–H groups in total. The van der Waals surface area contributed by atoms with Gasteiger partial charge in [0.05, 0.1) is 6.61 Å². The van der Waals surface area contributed by atoms with Crippen molar-refractivity contribution in [3.63, 3.8) is 0 Å². The van der Waals surface area contributed by atoms with Crippen LogP contribution in [0.5, 0.6) is 0 Å². The molecule has 19 heavy (non-hydrogen) atoms. The van der Waals surface area contributed by atoms with Gasteiger partial charge in [-0.1, -0.05) is 6.92 Å². The summed E-state index contributed by atoms with van der Waals surface area (Å²) in [6.45, 7) is 9.91. The van der Waals surface area contributed by atoms with E-state index in [1.807, 2.05) is 0 Å². The molecule has 0 radical (unpaired) electrons. The molecular formula is C15H31N3O. The van der Waals surface area contributed by atoms with Crippen molar-refractivity contribution in [2.24, 2.45) is 5.41 Å². The Hall–Kier alpha value is -0.160. The van der Waals surface area contributed by atoms with Gasteiger partial charge in [-0.05, 0) is 46.4 Å². The van der Waals surface area contributed by atoms with Gasteiger partial charge >= 0.3 is 0 Å². The fraction of sp³-hybridized carbons (Fsp3) is 1.00. The van der Waals surface area contributed by atoms with Crippen molar-refractivity contribution in [2.45, 2.75) is 32.2 Å². The number of hydrogen-bond donors (Lipinski definition) is 1. The van der Waals surface area contributed by atoms with E-state index in [-0.39, 0.29) is 0 Å². The zero-order valence-corrected chi connectivity index (χ0v) is 13.0. The maximum absolute atomic E-state index is 5.79. The van der Waals surface area contributed by atoms with Crippen LogP contribution in [0.2, 0.25) is 0 Å². The molecule has 0 saturated carbocycles. The Morgan fingerprint density at radius 2 is 2.26 bits per heavy atom. The van der Waals surface area contributed by atoms with Crippen LogP contribution in [-0.4, -0.2) is 75.9 Å². The monoisotopic (exact) mass is 269 g/mol. The summed E-state index contributed by atoms with van der Waals surface area (Å²) >= 11 is 0. The number of hydrogen-bond acceptors (Lipinski definition) is 4. The van der Waals surface area contributed by atoms with Gasteiger partial charge in [0, 0.05) is 37.7 Å². The molecule has 2 rings (SSSR count). The van der Waals surface area contributed by atoms with Crippen LogP contribution in [-0.2, 0) is 4.74 Å². The molecule has 4 heteroatoms. The third kappa shape index (κ3) is 4.15. The second-order valence-corrected chi connectivity index (χ2v) is 6.58. The van der Waals surface area contributed by atoms with Crippen molar-refractivity contribution in [2.75, 3.05) is 60.0 Å². The Labute approximate surface area is 118 Å². The van der Waals surface area contributed by atoms with Crippen LogP contribution in [0.1, 0.15) is 26.2 Å². The van der Waals surface area contributed by atoms with E-state index in [1.54, 1.807) is 0 Å². The van der Waals surface area contributed by atoms with Crippen LogP contribution >= 0.6 is 0 Å². The summed E-state index contributed by atoms with van der Waals surface area (Å²) in [6, 6.07) is 0.737. The molecule has 2 aliphatic heterocycles. The fourth-order valence-electron chi connectivity index (χ4n) is 3.47. The third-order valence-corrected chi connectivity index (χ3v) is 4.69. The molecule has 2 saturated heterocycles. The van der Waals surface area contributed by atoms with E-state index in [1.165, 1.54) is 38.9 Å². The average Bonchev–Trinajstić information content (AvgIpc) is 2.86. The second kappa shape index (κ2) is 7.02. The highest BCUT2D eigenvalue weighted by atomic mass is 16.5. The summed E-state index contributed by atoms with van der Waals surface area (Å²) in [5.74, 6) is 0. The zero-order chi connectivity index (χ0) is 13.7. The molecule has 2 unspecified atom stereocenters. The molecule has 2 atom stereocenters. The van der Waals surface area contributed by atoms with Gasteiger partial charge in [0.1, 0.15) is 0 Å². The molecule has 0 spiro atoms. The highest BCUT2D eigenvalue weighted by Crippen LogP contribution is 2.30. The molecule has 0 aromatic carbocycles. The van der Waals surface area contributed by atoms with E-state index in [4.69, 9.17) is 4.74 Å². The maximum Gasteiger partial charge on any atom is 0.0546 e. The smallest absolute Gasteiger partial charge is 0.0546 e. The number of likely N-dealkylation sites (tertiary alicyclic amines) is 1. The minimum Gasteiger partial charge on any atom is -0.381 e. The summed E-state index contributed by atoms with van der Waals surface area (Å²) < 4.78 is 5.79. The van der Waals surface area contributed by atoms with E-state index in [2.05, 4.69) is 36.1 Å². The highest BCUT2D eigenvalue weighted by Gasteiger charge is 2.36. The van der Waals surface area contributed by atoms with Gasteiger partial charge in [0.15, 0.2) is 0 Å². The second-order valence-electron chi connectivity index (χ2n) is 6.58. The van der Waals surface area contributed by atoms with Gasteiger partial charge < -0.3 is 19.9 Å². The molecule has 2 fully saturated rings. The molecule has 0 aromatic rings. The lowest BCUT2D eigenvalue weighted by atomic mass is 9.81. The maximum atomic E-state index is 5.79. The Kier molecular flexibility index (Phi) is 5.63. The number of ether oxygens (including phenoxy) is 1. The first-order valence-corrected chi connectivity index (χ1v) is 7.82. The molecule has 2 heterocycles. The molecule has 0 amide bonds. The topological polar surface area (TPSA) is 27.7 Å². The van der Waals surface area contributed by atoms with Crippen LogP contribution in [0, 0.1) is 5.41 Å². The van der Waals surface area contributed by atoms with Crippen LogP contribution in [0.4, 0.5) is 0 Å². The molecule has 0 aliphatic carbocycles. The minimum absolute atomic E-state index is 0.343. The van der Waals surface area contributed by atoms with E-state index in [0.29, 0.717) is 5.41 Å². The molecular weight excluding hydrogens is 238 g/mol. The van der Waals surface area contributed by atoms with E-state index in [0.717, 1.165) is 32.3 Å². The standard InChI is InChI=1S/C15H31N3O/c1-4-16-11-15(7-5-9-19-13-15)12-18-8-6-14(10-18)17(2)3/h14,16H,4-13H2,1-3H3. The average molecular weight is 269 g/mol. The van der Waals surface area contributed by atoms with Crippen molar-refractivity contribution < 1.29 is 4.74 Å². The molecule has 0 bridgehead atoms. The van der Waals surface area contributed by atoms with Gasteiger partial charge in [-0.15, -0.1) is 0 Å². The van der Waals surface area contributed by atoms with Gasteiger partial charge in [0.25, 0.3) is 0 Å². The van der Waals surface area contributed by atoms with E-state index >= 15 is 0 Å². The summed E-state index contributed by atoms with van der Waals surface area (Å²) in [7, 11) is 4.40. The first-order chi connectivity index (χ1) is 9.15. The molecule has 112 valence electrons. The lowest BCUT2D eigenvalue weighted by Crippen LogP contribution is -2.49. The SMILES string of the molecule is CCNCC1(CN2CCC(N(C)C)C2)CCCOC1. The number of rotatable bonds is 6. The van der Waals surface area contributed by atoms with Gasteiger partial charge in [0.2, 0.25) is 0 Å². The quantitative estimate of drug-likeness (QED) is 0.779. The Morgan fingerprint density at radius 1 is 1.42 bits per heavy atom. The fourth-order valence-corrected chi connectivity index (χ4v) is 3.47. The van der Waals surface area contributed by atoms with Gasteiger partial charge in [-0.2, -0.15) is 0 Å². The first kappa shape index (κ1) is 15.2. The van der Waals surface area contributed by atoms with E-state index < -0.39 is 0 Å². The Balaban J connectivity index is 1.89.